The van der Waals surface area contributed by atoms with E-state index >= 15 is 0 Å². The monoisotopic (exact) mass is 298 g/mol. The number of aromatic nitrogens is 1. The molecule has 2 aromatic rings. The fourth-order valence-electron chi connectivity index (χ4n) is 1.67. The third-order valence-corrected chi connectivity index (χ3v) is 2.71. The maximum Gasteiger partial charge on any atom is 0.267 e. The van der Waals surface area contributed by atoms with Gasteiger partial charge in [-0.25, -0.2) is 0 Å². The number of benzene rings is 1. The number of rotatable bonds is 5. The molecule has 22 heavy (non-hydrogen) atoms. The Hall–Kier alpha value is -3.27. The molecular formula is C15H14N4O3. The average Bonchev–Trinajstić information content (AvgIpc) is 2.94. The van der Waals surface area contributed by atoms with Crippen LogP contribution in [0.25, 0.3) is 0 Å². The molecule has 1 heterocycles. The Morgan fingerprint density at radius 3 is 2.86 bits per heavy atom. The maximum absolute atomic E-state index is 12.1. The molecular weight excluding hydrogens is 284 g/mol. The van der Waals surface area contributed by atoms with Crippen LogP contribution in [0.1, 0.15) is 5.76 Å². The molecule has 0 bridgehead atoms. The number of hydrogen-bond donors (Lipinski definition) is 2. The van der Waals surface area contributed by atoms with E-state index in [2.05, 4.69) is 15.8 Å². The lowest BCUT2D eigenvalue weighted by Crippen LogP contribution is -2.15. The molecule has 0 saturated carbocycles. The minimum absolute atomic E-state index is 0.105. The summed E-state index contributed by atoms with van der Waals surface area (Å²) in [5, 5.41) is 18.1. The second-order valence-corrected chi connectivity index (χ2v) is 4.29. The van der Waals surface area contributed by atoms with Crippen LogP contribution in [0.4, 0.5) is 11.5 Å². The molecule has 0 saturated heterocycles. The van der Waals surface area contributed by atoms with Crippen molar-refractivity contribution in [1.82, 2.24) is 5.16 Å². The molecule has 1 aromatic carbocycles. The fraction of sp³-hybridized carbons (Fsp3) is 0.133. The number of aryl methyl sites for hydroxylation is 1. The van der Waals surface area contributed by atoms with E-state index in [9.17, 15) is 4.79 Å². The van der Waals surface area contributed by atoms with Gasteiger partial charge in [-0.15, -0.1) is 0 Å². The van der Waals surface area contributed by atoms with Crippen molar-refractivity contribution >= 4 is 17.4 Å². The number of carbonyl (C=O) groups is 1. The average molecular weight is 298 g/mol. The number of nitrogens with zero attached hydrogens (tertiary/aromatic N) is 2. The van der Waals surface area contributed by atoms with Crippen molar-refractivity contribution in [2.75, 3.05) is 17.7 Å². The van der Waals surface area contributed by atoms with Crippen molar-refractivity contribution in [2.45, 2.75) is 6.92 Å². The number of hydrogen-bond acceptors (Lipinski definition) is 6. The van der Waals surface area contributed by atoms with Gasteiger partial charge >= 0.3 is 0 Å². The van der Waals surface area contributed by atoms with Gasteiger partial charge in [-0.1, -0.05) is 17.3 Å². The van der Waals surface area contributed by atoms with Gasteiger partial charge in [0.05, 0.1) is 12.8 Å². The second kappa shape index (κ2) is 6.95. The van der Waals surface area contributed by atoms with Crippen molar-refractivity contribution in [1.29, 1.82) is 5.26 Å². The largest absolute Gasteiger partial charge is 0.495 e. The number of para-hydroxylation sites is 2. The zero-order chi connectivity index (χ0) is 15.9. The van der Waals surface area contributed by atoms with Crippen molar-refractivity contribution in [3.63, 3.8) is 0 Å². The summed E-state index contributed by atoms with van der Waals surface area (Å²) in [5.41, 5.74) is 0.375. The minimum Gasteiger partial charge on any atom is -0.495 e. The Morgan fingerprint density at radius 2 is 2.23 bits per heavy atom. The smallest absolute Gasteiger partial charge is 0.267 e. The zero-order valence-electron chi connectivity index (χ0n) is 12.1. The standard InChI is InChI=1S/C15H14N4O3/c1-10-7-14(19-22-10)17-9-11(8-16)15(20)18-12-5-3-4-6-13(12)21-2/h3-7,9H,1-2H3,(H,17,19)(H,18,20)/b11-9-. The predicted octanol–water partition coefficient (Wildman–Crippen LogP) is 2.45. The molecule has 0 atom stereocenters. The Bertz CT molecular complexity index is 743. The van der Waals surface area contributed by atoms with Crippen LogP contribution in [0.15, 0.2) is 46.6 Å². The van der Waals surface area contributed by atoms with Gasteiger partial charge < -0.3 is 19.9 Å². The summed E-state index contributed by atoms with van der Waals surface area (Å²) in [4.78, 5) is 12.1. The van der Waals surface area contributed by atoms with Gasteiger partial charge in [0.15, 0.2) is 5.82 Å². The first-order chi connectivity index (χ1) is 10.6. The number of amides is 1. The molecule has 1 amide bonds. The highest BCUT2D eigenvalue weighted by Crippen LogP contribution is 2.23. The van der Waals surface area contributed by atoms with Gasteiger partial charge in [0.2, 0.25) is 0 Å². The number of nitriles is 1. The van der Waals surface area contributed by atoms with Crippen LogP contribution in [0, 0.1) is 18.3 Å². The van der Waals surface area contributed by atoms with Gasteiger partial charge in [-0.2, -0.15) is 5.26 Å². The lowest BCUT2D eigenvalue weighted by molar-refractivity contribution is -0.112. The fourth-order valence-corrected chi connectivity index (χ4v) is 1.67. The molecule has 0 aliphatic rings. The van der Waals surface area contributed by atoms with Crippen LogP contribution >= 0.6 is 0 Å². The molecule has 0 fully saturated rings. The van der Waals surface area contributed by atoms with Gasteiger partial charge in [0.25, 0.3) is 5.91 Å². The van der Waals surface area contributed by atoms with Gasteiger partial charge in [0, 0.05) is 12.3 Å². The molecule has 0 aliphatic heterocycles. The quantitative estimate of drug-likeness (QED) is 0.649. The first-order valence-corrected chi connectivity index (χ1v) is 6.38. The SMILES string of the molecule is COc1ccccc1NC(=O)/C(C#N)=C\Nc1cc(C)on1. The van der Waals surface area contributed by atoms with Crippen LogP contribution in [-0.4, -0.2) is 18.2 Å². The van der Waals surface area contributed by atoms with Gasteiger partial charge in [0.1, 0.15) is 23.2 Å². The van der Waals surface area contributed by atoms with Crippen molar-refractivity contribution < 1.29 is 14.1 Å². The highest BCUT2D eigenvalue weighted by Gasteiger charge is 2.12. The van der Waals surface area contributed by atoms with Crippen LogP contribution in [0.3, 0.4) is 0 Å². The molecule has 2 N–H and O–H groups in total. The highest BCUT2D eigenvalue weighted by atomic mass is 16.5. The third-order valence-electron chi connectivity index (χ3n) is 2.71. The Morgan fingerprint density at radius 1 is 1.45 bits per heavy atom. The van der Waals surface area contributed by atoms with Crippen LogP contribution in [0.2, 0.25) is 0 Å². The van der Waals surface area contributed by atoms with Crippen molar-refractivity contribution in [2.24, 2.45) is 0 Å². The van der Waals surface area contributed by atoms with E-state index in [-0.39, 0.29) is 5.57 Å². The number of anilines is 2. The van der Waals surface area contributed by atoms with E-state index in [1.54, 1.807) is 37.3 Å². The van der Waals surface area contributed by atoms with E-state index < -0.39 is 5.91 Å². The van der Waals surface area contributed by atoms with Crippen LogP contribution in [-0.2, 0) is 4.79 Å². The number of carbonyl (C=O) groups excluding carboxylic acids is 1. The molecule has 0 unspecified atom stereocenters. The molecule has 7 nitrogen and oxygen atoms in total. The summed E-state index contributed by atoms with van der Waals surface area (Å²) < 4.78 is 10.0. The molecule has 2 rings (SSSR count). The predicted molar refractivity (Wildman–Crippen MR) is 80.2 cm³/mol. The van der Waals surface area contributed by atoms with E-state index in [4.69, 9.17) is 14.5 Å². The summed E-state index contributed by atoms with van der Waals surface area (Å²) in [6.07, 6.45) is 1.27. The summed E-state index contributed by atoms with van der Waals surface area (Å²) in [7, 11) is 1.50. The summed E-state index contributed by atoms with van der Waals surface area (Å²) in [6, 6.07) is 10.4. The Labute approximate surface area is 127 Å². The van der Waals surface area contributed by atoms with E-state index in [0.717, 1.165) is 0 Å². The summed E-state index contributed by atoms with van der Waals surface area (Å²) >= 11 is 0. The second-order valence-electron chi connectivity index (χ2n) is 4.29. The van der Waals surface area contributed by atoms with Crippen LogP contribution in [0.5, 0.6) is 5.75 Å². The molecule has 7 heteroatoms. The van der Waals surface area contributed by atoms with Crippen molar-refractivity contribution in [3.8, 4) is 11.8 Å². The number of methoxy groups -OCH3 is 1. The zero-order valence-corrected chi connectivity index (χ0v) is 12.1. The summed E-state index contributed by atoms with van der Waals surface area (Å²) in [6.45, 7) is 1.74. The van der Waals surface area contributed by atoms with Gasteiger partial charge in [-0.3, -0.25) is 4.79 Å². The van der Waals surface area contributed by atoms with Crippen LogP contribution < -0.4 is 15.4 Å². The van der Waals surface area contributed by atoms with Gasteiger partial charge in [-0.05, 0) is 19.1 Å². The molecule has 1 aromatic heterocycles. The Kier molecular flexibility index (Phi) is 4.78. The van der Waals surface area contributed by atoms with Crippen molar-refractivity contribution in [3.05, 3.63) is 47.9 Å². The molecule has 0 spiro atoms. The third kappa shape index (κ3) is 3.64. The summed E-state index contributed by atoms with van der Waals surface area (Å²) in [5.74, 6) is 0.983. The normalized spacial score (nSPS) is 10.7. The first kappa shape index (κ1) is 15.1. The van der Waals surface area contributed by atoms with E-state index in [1.807, 2.05) is 6.07 Å². The lowest BCUT2D eigenvalue weighted by Gasteiger charge is -2.09. The highest BCUT2D eigenvalue weighted by molar-refractivity contribution is 6.07. The number of ether oxygens (including phenoxy) is 1. The molecule has 112 valence electrons. The van der Waals surface area contributed by atoms with E-state index in [0.29, 0.717) is 23.0 Å². The Balaban J connectivity index is 2.10. The minimum atomic E-state index is -0.556. The number of nitrogens with one attached hydrogen (secondary N) is 2. The first-order valence-electron chi connectivity index (χ1n) is 6.38. The topological polar surface area (TPSA) is 100 Å². The maximum atomic E-state index is 12.1. The molecule has 0 aliphatic carbocycles. The lowest BCUT2D eigenvalue weighted by atomic mass is 10.2. The molecule has 0 radical (unpaired) electrons. The van der Waals surface area contributed by atoms with E-state index in [1.165, 1.54) is 13.3 Å².